The molecule has 1 aromatic carbocycles. The van der Waals surface area contributed by atoms with Gasteiger partial charge in [-0.05, 0) is 6.07 Å². The molecule has 2 rings (SSSR count). The molecule has 110 valence electrons. The van der Waals surface area contributed by atoms with Crippen LogP contribution in [0, 0.1) is 10.1 Å². The number of anilines is 1. The van der Waals surface area contributed by atoms with Crippen molar-refractivity contribution >= 4 is 44.7 Å². The van der Waals surface area contributed by atoms with Crippen LogP contribution in [0.3, 0.4) is 0 Å². The lowest BCUT2D eigenvalue weighted by Crippen LogP contribution is -2.14. The number of nitro groups is 1. The molecule has 0 atom stereocenters. The summed E-state index contributed by atoms with van der Waals surface area (Å²) in [5.41, 5.74) is -0.357. The first-order chi connectivity index (χ1) is 9.81. The Hall–Kier alpha value is -1.97. The van der Waals surface area contributed by atoms with Gasteiger partial charge in [0.1, 0.15) is 11.3 Å². The molecule has 0 saturated carbocycles. The van der Waals surface area contributed by atoms with Crippen LogP contribution in [0.1, 0.15) is 0 Å². The number of hydrogen-bond acceptors (Lipinski definition) is 6. The Bertz CT molecular complexity index is 812. The quantitative estimate of drug-likeness (QED) is 0.515. The summed E-state index contributed by atoms with van der Waals surface area (Å²) in [4.78, 5) is 16.9. The number of halogens is 2. The van der Waals surface area contributed by atoms with Crippen LogP contribution in [0.4, 0.5) is 11.5 Å². The van der Waals surface area contributed by atoms with Crippen molar-refractivity contribution in [2.24, 2.45) is 0 Å². The molecule has 1 heterocycles. The molecule has 0 aliphatic carbocycles. The van der Waals surface area contributed by atoms with Crippen LogP contribution in [0.15, 0.2) is 35.5 Å². The van der Waals surface area contributed by atoms with Gasteiger partial charge in [0, 0.05) is 12.1 Å². The lowest BCUT2D eigenvalue weighted by Gasteiger charge is -2.08. The van der Waals surface area contributed by atoms with Gasteiger partial charge >= 0.3 is 0 Å². The predicted octanol–water partition coefficient (Wildman–Crippen LogP) is 2.49. The van der Waals surface area contributed by atoms with E-state index in [1.165, 1.54) is 18.2 Å². The van der Waals surface area contributed by atoms with Crippen LogP contribution < -0.4 is 4.72 Å². The van der Waals surface area contributed by atoms with E-state index in [-0.39, 0.29) is 26.6 Å². The van der Waals surface area contributed by atoms with Crippen LogP contribution in [-0.2, 0) is 10.0 Å². The number of nitrogens with one attached hydrogen (secondary N) is 1. The maximum Gasteiger partial charge on any atom is 0.270 e. The Morgan fingerprint density at radius 1 is 1.24 bits per heavy atom. The molecule has 0 spiro atoms. The zero-order valence-electron chi connectivity index (χ0n) is 10.0. The Kier molecular flexibility index (Phi) is 4.26. The van der Waals surface area contributed by atoms with Crippen molar-refractivity contribution in [3.63, 3.8) is 0 Å². The molecule has 0 bridgehead atoms. The van der Waals surface area contributed by atoms with Gasteiger partial charge in [-0.3, -0.25) is 14.8 Å². The summed E-state index contributed by atoms with van der Waals surface area (Å²) in [7, 11) is -4.10. The summed E-state index contributed by atoms with van der Waals surface area (Å²) >= 11 is 11.4. The van der Waals surface area contributed by atoms with Gasteiger partial charge in [-0.1, -0.05) is 29.3 Å². The summed E-state index contributed by atoms with van der Waals surface area (Å²) in [5, 5.41) is 10.4. The molecule has 0 aliphatic rings. The highest BCUT2D eigenvalue weighted by molar-refractivity contribution is 7.92. The van der Waals surface area contributed by atoms with Crippen molar-refractivity contribution in [1.82, 2.24) is 9.97 Å². The maximum absolute atomic E-state index is 12.1. The first-order valence-corrected chi connectivity index (χ1v) is 7.48. The fourth-order valence-corrected chi connectivity index (χ4v) is 2.76. The standard InChI is InChI=1S/C10H6Cl2N4O4S/c11-8-9(12)13-5-14-10(8)15-21(19,20)7-3-1-2-6(4-7)16(17)18/h1-5H,(H,13,14,15). The Balaban J connectivity index is 2.41. The van der Waals surface area contributed by atoms with Gasteiger partial charge in [0.05, 0.1) is 9.82 Å². The zero-order valence-corrected chi connectivity index (χ0v) is 12.4. The number of benzene rings is 1. The van der Waals surface area contributed by atoms with E-state index in [1.807, 2.05) is 0 Å². The van der Waals surface area contributed by atoms with E-state index in [4.69, 9.17) is 23.2 Å². The minimum absolute atomic E-state index is 0.122. The maximum atomic E-state index is 12.1. The Labute approximate surface area is 128 Å². The second kappa shape index (κ2) is 5.80. The van der Waals surface area contributed by atoms with Gasteiger partial charge in [-0.25, -0.2) is 18.4 Å². The number of rotatable bonds is 4. The number of nitrogens with zero attached hydrogens (tertiary/aromatic N) is 3. The molecule has 1 N–H and O–H groups in total. The summed E-state index contributed by atoms with van der Waals surface area (Å²) in [5.74, 6) is -0.219. The molecule has 0 unspecified atom stereocenters. The molecule has 11 heteroatoms. The molecule has 0 fully saturated rings. The summed E-state index contributed by atoms with van der Waals surface area (Å²) in [6.45, 7) is 0. The van der Waals surface area contributed by atoms with Gasteiger partial charge in [0.15, 0.2) is 11.0 Å². The van der Waals surface area contributed by atoms with Crippen LogP contribution in [-0.4, -0.2) is 23.3 Å². The highest BCUT2D eigenvalue weighted by Gasteiger charge is 2.20. The Morgan fingerprint density at radius 3 is 2.62 bits per heavy atom. The number of hydrogen-bond donors (Lipinski definition) is 1. The van der Waals surface area contributed by atoms with Crippen molar-refractivity contribution in [1.29, 1.82) is 0 Å². The SMILES string of the molecule is O=[N+]([O-])c1cccc(S(=O)(=O)Nc2ncnc(Cl)c2Cl)c1. The lowest BCUT2D eigenvalue weighted by atomic mass is 10.3. The third-order valence-electron chi connectivity index (χ3n) is 2.32. The summed E-state index contributed by atoms with van der Waals surface area (Å²) in [6, 6.07) is 4.54. The van der Waals surface area contributed by atoms with E-state index in [0.717, 1.165) is 12.4 Å². The number of nitro benzene ring substituents is 1. The van der Waals surface area contributed by atoms with Gasteiger partial charge in [0.2, 0.25) is 0 Å². The molecule has 8 nitrogen and oxygen atoms in total. The third-order valence-corrected chi connectivity index (χ3v) is 4.39. The summed E-state index contributed by atoms with van der Waals surface area (Å²) < 4.78 is 26.4. The van der Waals surface area contributed by atoms with Crippen molar-refractivity contribution in [3.05, 3.63) is 50.9 Å². The molecular weight excluding hydrogens is 343 g/mol. The van der Waals surface area contributed by atoms with Crippen LogP contribution in [0.5, 0.6) is 0 Å². The number of non-ortho nitro benzene ring substituents is 1. The van der Waals surface area contributed by atoms with Gasteiger partial charge in [-0.2, -0.15) is 0 Å². The van der Waals surface area contributed by atoms with Crippen LogP contribution in [0.25, 0.3) is 0 Å². The van der Waals surface area contributed by atoms with Crippen molar-refractivity contribution in [3.8, 4) is 0 Å². The smallest absolute Gasteiger partial charge is 0.262 e. The van der Waals surface area contributed by atoms with E-state index in [2.05, 4.69) is 14.7 Å². The molecule has 0 radical (unpaired) electrons. The molecule has 21 heavy (non-hydrogen) atoms. The number of sulfonamides is 1. The molecular formula is C10H6Cl2N4O4S. The normalized spacial score (nSPS) is 11.1. The van der Waals surface area contributed by atoms with Crippen molar-refractivity contribution in [2.45, 2.75) is 4.90 Å². The molecule has 2 aromatic rings. The fourth-order valence-electron chi connectivity index (χ4n) is 1.37. The van der Waals surface area contributed by atoms with E-state index in [9.17, 15) is 18.5 Å². The van der Waals surface area contributed by atoms with E-state index in [1.54, 1.807) is 0 Å². The minimum atomic E-state index is -4.10. The monoisotopic (exact) mass is 348 g/mol. The first kappa shape index (κ1) is 15.4. The zero-order chi connectivity index (χ0) is 15.6. The predicted molar refractivity (Wildman–Crippen MR) is 76.0 cm³/mol. The third kappa shape index (κ3) is 3.38. The number of aromatic nitrogens is 2. The van der Waals surface area contributed by atoms with Gasteiger partial charge < -0.3 is 0 Å². The largest absolute Gasteiger partial charge is 0.270 e. The lowest BCUT2D eigenvalue weighted by molar-refractivity contribution is -0.385. The second-order valence-electron chi connectivity index (χ2n) is 3.69. The highest BCUT2D eigenvalue weighted by Crippen LogP contribution is 2.28. The fraction of sp³-hybridized carbons (Fsp3) is 0. The van der Waals surface area contributed by atoms with E-state index >= 15 is 0 Å². The average Bonchev–Trinajstić information content (AvgIpc) is 2.44. The minimum Gasteiger partial charge on any atom is -0.262 e. The molecule has 1 aromatic heterocycles. The van der Waals surface area contributed by atoms with Crippen molar-refractivity contribution in [2.75, 3.05) is 4.72 Å². The summed E-state index contributed by atoms with van der Waals surface area (Å²) in [6.07, 6.45) is 1.03. The van der Waals surface area contributed by atoms with Gasteiger partial charge in [-0.15, -0.1) is 0 Å². The van der Waals surface area contributed by atoms with E-state index < -0.39 is 14.9 Å². The molecule has 0 amide bonds. The molecule has 0 saturated heterocycles. The topological polar surface area (TPSA) is 115 Å². The van der Waals surface area contributed by atoms with Crippen LogP contribution in [0.2, 0.25) is 10.2 Å². The van der Waals surface area contributed by atoms with Crippen LogP contribution >= 0.6 is 23.2 Å². The second-order valence-corrected chi connectivity index (χ2v) is 6.11. The van der Waals surface area contributed by atoms with Crippen molar-refractivity contribution < 1.29 is 13.3 Å². The van der Waals surface area contributed by atoms with E-state index in [0.29, 0.717) is 0 Å². The molecule has 0 aliphatic heterocycles. The highest BCUT2D eigenvalue weighted by atomic mass is 35.5. The Morgan fingerprint density at radius 2 is 1.95 bits per heavy atom. The van der Waals surface area contributed by atoms with Gasteiger partial charge in [0.25, 0.3) is 15.7 Å². The average molecular weight is 349 g/mol. The first-order valence-electron chi connectivity index (χ1n) is 5.24.